The fourth-order valence-electron chi connectivity index (χ4n) is 3.15. The molecular weight excluding hydrogens is 384 g/mol. The van der Waals surface area contributed by atoms with Crippen molar-refractivity contribution in [2.45, 2.75) is 19.6 Å². The maximum absolute atomic E-state index is 12.2. The number of rotatable bonds is 2. The van der Waals surface area contributed by atoms with Crippen LogP contribution < -0.4 is 15.4 Å². The van der Waals surface area contributed by atoms with Crippen LogP contribution in [-0.4, -0.2) is 28.4 Å². The van der Waals surface area contributed by atoms with E-state index in [2.05, 4.69) is 15.9 Å². The number of aromatic nitrogens is 2. The summed E-state index contributed by atoms with van der Waals surface area (Å²) in [6, 6.07) is 9.64. The van der Waals surface area contributed by atoms with Crippen molar-refractivity contribution in [1.82, 2.24) is 9.38 Å². The summed E-state index contributed by atoms with van der Waals surface area (Å²) in [6.07, 6.45) is 1.47. The highest BCUT2D eigenvalue weighted by Gasteiger charge is 2.29. The average molecular weight is 401 g/mol. The van der Waals surface area contributed by atoms with E-state index in [4.69, 9.17) is 15.5 Å². The molecule has 0 fully saturated rings. The molecule has 0 aliphatic carbocycles. The molecule has 25 heavy (non-hydrogen) atoms. The Bertz CT molecular complexity index is 998. The molecule has 2 N–H and O–H groups in total. The second-order valence-electron chi connectivity index (χ2n) is 6.03. The van der Waals surface area contributed by atoms with E-state index in [-0.39, 0.29) is 5.91 Å². The summed E-state index contributed by atoms with van der Waals surface area (Å²) >= 11 is 3.48. The van der Waals surface area contributed by atoms with Gasteiger partial charge in [-0.05, 0) is 53.2 Å². The van der Waals surface area contributed by atoms with Gasteiger partial charge in [-0.15, -0.1) is 0 Å². The summed E-state index contributed by atoms with van der Waals surface area (Å²) in [4.78, 5) is 18.5. The van der Waals surface area contributed by atoms with Gasteiger partial charge in [-0.2, -0.15) is 0 Å². The number of halogens is 1. The van der Waals surface area contributed by atoms with E-state index in [1.54, 1.807) is 18.9 Å². The molecule has 3 heterocycles. The van der Waals surface area contributed by atoms with E-state index in [0.717, 1.165) is 32.8 Å². The molecule has 1 aliphatic heterocycles. The number of likely N-dealkylation sites (N-methyl/N-ethyl adjacent to an activating group) is 1. The number of hydrogen-bond acceptors (Lipinski definition) is 4. The number of hydrogen-bond donors (Lipinski definition) is 1. The van der Waals surface area contributed by atoms with Crippen molar-refractivity contribution in [3.63, 3.8) is 0 Å². The third-order valence-corrected chi connectivity index (χ3v) is 4.92. The first-order valence-corrected chi connectivity index (χ1v) is 8.74. The molecule has 1 unspecified atom stereocenters. The third kappa shape index (κ3) is 2.51. The van der Waals surface area contributed by atoms with Gasteiger partial charge < -0.3 is 19.8 Å². The van der Waals surface area contributed by atoms with Gasteiger partial charge in [0, 0.05) is 29.8 Å². The van der Waals surface area contributed by atoms with Crippen molar-refractivity contribution < 1.29 is 9.53 Å². The Kier molecular flexibility index (Phi) is 3.77. The van der Waals surface area contributed by atoms with Gasteiger partial charge in [-0.1, -0.05) is 0 Å². The smallest absolute Gasteiger partial charge is 0.267 e. The number of nitrogens with two attached hydrogens (primary N) is 1. The molecule has 0 spiro atoms. The highest BCUT2D eigenvalue weighted by molar-refractivity contribution is 9.10. The minimum atomic E-state index is -0.476. The van der Waals surface area contributed by atoms with E-state index in [9.17, 15) is 4.79 Å². The van der Waals surface area contributed by atoms with Crippen LogP contribution in [-0.2, 0) is 11.3 Å². The van der Waals surface area contributed by atoms with Gasteiger partial charge in [0.25, 0.3) is 5.91 Å². The lowest BCUT2D eigenvalue weighted by atomic mass is 10.1. The standard InChI is InChI=1S/C18H17BrN4O2/c1-10-18(24)22(2)13-7-11(3-5-15(13)25-10)17-14(8-20)23-9-12(19)4-6-16(23)21-17/h3-7,9-10H,8,20H2,1-2H3. The Hall–Kier alpha value is -2.38. The van der Waals surface area contributed by atoms with Crippen LogP contribution in [0.25, 0.3) is 16.9 Å². The van der Waals surface area contributed by atoms with Crippen molar-refractivity contribution in [3.8, 4) is 17.0 Å². The van der Waals surface area contributed by atoms with Gasteiger partial charge in [0.15, 0.2) is 6.10 Å². The van der Waals surface area contributed by atoms with E-state index < -0.39 is 6.10 Å². The number of pyridine rings is 1. The summed E-state index contributed by atoms with van der Waals surface area (Å²) in [5, 5.41) is 0. The number of nitrogens with zero attached hydrogens (tertiary/aromatic N) is 3. The predicted molar refractivity (Wildman–Crippen MR) is 99.7 cm³/mol. The molecule has 0 radical (unpaired) electrons. The number of anilines is 1. The van der Waals surface area contributed by atoms with Crippen LogP contribution in [0.15, 0.2) is 41.0 Å². The number of amides is 1. The summed E-state index contributed by atoms with van der Waals surface area (Å²) < 4.78 is 8.62. The lowest BCUT2D eigenvalue weighted by Crippen LogP contribution is -2.41. The zero-order valence-electron chi connectivity index (χ0n) is 13.9. The van der Waals surface area contributed by atoms with Gasteiger partial charge in [-0.3, -0.25) is 4.79 Å². The maximum Gasteiger partial charge on any atom is 0.267 e. The molecule has 0 saturated heterocycles. The summed E-state index contributed by atoms with van der Waals surface area (Å²) in [6.45, 7) is 2.11. The van der Waals surface area contributed by atoms with Crippen LogP contribution in [0.5, 0.6) is 5.75 Å². The van der Waals surface area contributed by atoms with E-state index in [1.165, 1.54) is 0 Å². The lowest BCUT2D eigenvalue weighted by molar-refractivity contribution is -0.125. The Balaban J connectivity index is 1.89. The minimum Gasteiger partial charge on any atom is -0.479 e. The van der Waals surface area contributed by atoms with Gasteiger partial charge in [0.05, 0.1) is 17.1 Å². The number of carbonyl (C=O) groups is 1. The van der Waals surface area contributed by atoms with Gasteiger partial charge >= 0.3 is 0 Å². The molecule has 1 aliphatic rings. The van der Waals surface area contributed by atoms with Crippen molar-refractivity contribution >= 4 is 33.2 Å². The van der Waals surface area contributed by atoms with Crippen LogP contribution in [0.1, 0.15) is 12.6 Å². The van der Waals surface area contributed by atoms with Crippen LogP contribution in [0.4, 0.5) is 5.69 Å². The van der Waals surface area contributed by atoms with Gasteiger partial charge in [-0.25, -0.2) is 4.98 Å². The molecular formula is C18H17BrN4O2. The Morgan fingerprint density at radius 1 is 1.32 bits per heavy atom. The van der Waals surface area contributed by atoms with Crippen LogP contribution in [0.2, 0.25) is 0 Å². The first kappa shape index (κ1) is 16.1. The molecule has 2 aromatic heterocycles. The van der Waals surface area contributed by atoms with E-state index >= 15 is 0 Å². The fourth-order valence-corrected chi connectivity index (χ4v) is 3.49. The number of carbonyl (C=O) groups excluding carboxylic acids is 1. The average Bonchev–Trinajstić information content (AvgIpc) is 2.97. The predicted octanol–water partition coefficient (Wildman–Crippen LogP) is 2.97. The zero-order chi connectivity index (χ0) is 17.7. The lowest BCUT2D eigenvalue weighted by Gasteiger charge is -2.30. The molecule has 7 heteroatoms. The Morgan fingerprint density at radius 2 is 2.12 bits per heavy atom. The second kappa shape index (κ2) is 5.86. The number of ether oxygens (including phenoxy) is 1. The molecule has 0 saturated carbocycles. The molecule has 4 rings (SSSR count). The topological polar surface area (TPSA) is 72.9 Å². The first-order chi connectivity index (χ1) is 12.0. The Labute approximate surface area is 153 Å². The zero-order valence-corrected chi connectivity index (χ0v) is 15.4. The van der Waals surface area contributed by atoms with E-state index in [1.807, 2.05) is 40.9 Å². The highest BCUT2D eigenvalue weighted by Crippen LogP contribution is 2.37. The molecule has 1 aromatic carbocycles. The molecule has 0 bridgehead atoms. The third-order valence-electron chi connectivity index (χ3n) is 4.45. The molecule has 1 amide bonds. The largest absolute Gasteiger partial charge is 0.479 e. The molecule has 6 nitrogen and oxygen atoms in total. The number of imidazole rings is 1. The van der Waals surface area contributed by atoms with Crippen molar-refractivity contribution in [2.75, 3.05) is 11.9 Å². The fraction of sp³-hybridized carbons (Fsp3) is 0.222. The molecule has 1 atom stereocenters. The number of benzene rings is 1. The van der Waals surface area contributed by atoms with Gasteiger partial charge in [0.2, 0.25) is 0 Å². The molecule has 128 valence electrons. The van der Waals surface area contributed by atoms with Crippen molar-refractivity contribution in [1.29, 1.82) is 0 Å². The highest BCUT2D eigenvalue weighted by atomic mass is 79.9. The summed E-state index contributed by atoms with van der Waals surface area (Å²) in [5.74, 6) is 0.627. The minimum absolute atomic E-state index is 0.0670. The van der Waals surface area contributed by atoms with Crippen molar-refractivity contribution in [3.05, 3.63) is 46.7 Å². The summed E-state index contributed by atoms with van der Waals surface area (Å²) in [7, 11) is 1.76. The van der Waals surface area contributed by atoms with Gasteiger partial charge in [0.1, 0.15) is 11.4 Å². The number of fused-ring (bicyclic) bond motifs is 2. The quantitative estimate of drug-likeness (QED) is 0.717. The normalized spacial score (nSPS) is 16.9. The Morgan fingerprint density at radius 3 is 2.88 bits per heavy atom. The van der Waals surface area contributed by atoms with Crippen LogP contribution in [0.3, 0.4) is 0 Å². The SMILES string of the molecule is CC1Oc2ccc(-c3nc4ccc(Br)cn4c3CN)cc2N(C)C1=O. The van der Waals surface area contributed by atoms with E-state index in [0.29, 0.717) is 12.3 Å². The first-order valence-electron chi connectivity index (χ1n) is 7.95. The van der Waals surface area contributed by atoms with Crippen molar-refractivity contribution in [2.24, 2.45) is 5.73 Å². The van der Waals surface area contributed by atoms with Crippen LogP contribution >= 0.6 is 15.9 Å². The maximum atomic E-state index is 12.2. The molecule has 3 aromatic rings. The monoisotopic (exact) mass is 400 g/mol. The van der Waals surface area contributed by atoms with Crippen LogP contribution in [0, 0.1) is 0 Å². The summed E-state index contributed by atoms with van der Waals surface area (Å²) in [5.41, 5.74) is 10.2. The second-order valence-corrected chi connectivity index (χ2v) is 6.94.